The highest BCUT2D eigenvalue weighted by Gasteiger charge is 2.20. The number of para-hydroxylation sites is 1. The molecule has 0 radical (unpaired) electrons. The number of piperazine rings is 1. The minimum absolute atomic E-state index is 0.213. The Labute approximate surface area is 121 Å². The summed E-state index contributed by atoms with van der Waals surface area (Å²) in [7, 11) is 0. The third-order valence-electron chi connectivity index (χ3n) is 3.47. The molecule has 0 atom stereocenters. The van der Waals surface area contributed by atoms with Crippen LogP contribution in [-0.2, 0) is 0 Å². The van der Waals surface area contributed by atoms with Crippen LogP contribution in [0.25, 0.3) is 0 Å². The number of nitro groups is 1. The lowest BCUT2D eigenvalue weighted by molar-refractivity contribution is -0.380. The molecular formula is C14H15N3O2S. The number of hydrogen-bond acceptors (Lipinski definition) is 5. The van der Waals surface area contributed by atoms with Crippen LogP contribution in [0.3, 0.4) is 0 Å². The van der Waals surface area contributed by atoms with Gasteiger partial charge in [-0.2, -0.15) is 0 Å². The van der Waals surface area contributed by atoms with Crippen molar-refractivity contribution in [3.8, 4) is 0 Å². The predicted octanol–water partition coefficient (Wildman–Crippen LogP) is 2.98. The minimum atomic E-state index is -0.325. The van der Waals surface area contributed by atoms with Crippen LogP contribution in [0, 0.1) is 10.1 Å². The highest BCUT2D eigenvalue weighted by molar-refractivity contribution is 7.19. The molecular weight excluding hydrogens is 274 g/mol. The van der Waals surface area contributed by atoms with Gasteiger partial charge in [0.05, 0.1) is 9.92 Å². The van der Waals surface area contributed by atoms with Gasteiger partial charge in [-0.1, -0.05) is 18.2 Å². The molecule has 3 rings (SSSR count). The van der Waals surface area contributed by atoms with E-state index in [1.807, 2.05) is 24.3 Å². The standard InChI is InChI=1S/C14H15N3O2S/c18-17(19)14-7-6-13(20-14)16-10-8-15(9-11-16)12-4-2-1-3-5-12/h1-7H,8-11H2. The zero-order valence-electron chi connectivity index (χ0n) is 10.9. The van der Waals surface area contributed by atoms with Gasteiger partial charge in [-0.15, -0.1) is 0 Å². The molecule has 5 nitrogen and oxygen atoms in total. The summed E-state index contributed by atoms with van der Waals surface area (Å²) in [5.41, 5.74) is 1.24. The maximum absolute atomic E-state index is 10.7. The molecule has 1 fully saturated rings. The van der Waals surface area contributed by atoms with Crippen molar-refractivity contribution in [3.05, 3.63) is 52.6 Å². The number of hydrogen-bond donors (Lipinski definition) is 0. The second-order valence-corrected chi connectivity index (χ2v) is 5.72. The average Bonchev–Trinajstić information content (AvgIpc) is 2.98. The molecule has 0 spiro atoms. The lowest BCUT2D eigenvalue weighted by Gasteiger charge is -2.36. The minimum Gasteiger partial charge on any atom is -0.368 e. The molecule has 20 heavy (non-hydrogen) atoms. The predicted molar refractivity (Wildman–Crippen MR) is 81.8 cm³/mol. The van der Waals surface area contributed by atoms with Crippen molar-refractivity contribution in [2.24, 2.45) is 0 Å². The highest BCUT2D eigenvalue weighted by atomic mass is 32.1. The van der Waals surface area contributed by atoms with Crippen LogP contribution >= 0.6 is 11.3 Å². The normalized spacial score (nSPS) is 15.4. The van der Waals surface area contributed by atoms with Crippen molar-refractivity contribution in [1.29, 1.82) is 0 Å². The van der Waals surface area contributed by atoms with Crippen LogP contribution in [-0.4, -0.2) is 31.1 Å². The molecule has 1 saturated heterocycles. The number of thiophene rings is 1. The van der Waals surface area contributed by atoms with E-state index in [0.29, 0.717) is 0 Å². The molecule has 0 unspecified atom stereocenters. The van der Waals surface area contributed by atoms with Crippen LogP contribution in [0.1, 0.15) is 0 Å². The Morgan fingerprint density at radius 3 is 2.20 bits per heavy atom. The molecule has 0 saturated carbocycles. The summed E-state index contributed by atoms with van der Waals surface area (Å²) in [4.78, 5) is 15.0. The largest absolute Gasteiger partial charge is 0.368 e. The molecule has 6 heteroatoms. The van der Waals surface area contributed by atoms with Gasteiger partial charge in [0.15, 0.2) is 0 Å². The first-order valence-electron chi connectivity index (χ1n) is 6.53. The molecule has 1 aromatic heterocycles. The Hall–Kier alpha value is -2.08. The fourth-order valence-corrected chi connectivity index (χ4v) is 3.28. The lowest BCUT2D eigenvalue weighted by Crippen LogP contribution is -2.46. The van der Waals surface area contributed by atoms with Crippen LogP contribution in [0.5, 0.6) is 0 Å². The molecule has 104 valence electrons. The Balaban J connectivity index is 1.65. The van der Waals surface area contributed by atoms with Gasteiger partial charge in [0.2, 0.25) is 0 Å². The van der Waals surface area contributed by atoms with Crippen LogP contribution < -0.4 is 9.80 Å². The summed E-state index contributed by atoms with van der Waals surface area (Å²) in [6.45, 7) is 3.67. The van der Waals surface area contributed by atoms with E-state index in [9.17, 15) is 10.1 Å². The molecule has 1 aromatic carbocycles. The van der Waals surface area contributed by atoms with Crippen molar-refractivity contribution in [3.63, 3.8) is 0 Å². The fourth-order valence-electron chi connectivity index (χ4n) is 2.41. The van der Waals surface area contributed by atoms with E-state index in [0.717, 1.165) is 31.2 Å². The Bertz CT molecular complexity index is 591. The molecule has 1 aliphatic rings. The first-order chi connectivity index (χ1) is 9.74. The highest BCUT2D eigenvalue weighted by Crippen LogP contribution is 2.32. The summed E-state index contributed by atoms with van der Waals surface area (Å²) in [5.74, 6) is 0. The van der Waals surface area contributed by atoms with Crippen molar-refractivity contribution in [2.45, 2.75) is 0 Å². The zero-order valence-corrected chi connectivity index (χ0v) is 11.8. The van der Waals surface area contributed by atoms with Gasteiger partial charge in [0.1, 0.15) is 0 Å². The van der Waals surface area contributed by atoms with Crippen LogP contribution in [0.2, 0.25) is 0 Å². The van der Waals surface area contributed by atoms with Crippen molar-refractivity contribution < 1.29 is 4.92 Å². The van der Waals surface area contributed by atoms with E-state index >= 15 is 0 Å². The molecule has 0 N–H and O–H groups in total. The summed E-state index contributed by atoms with van der Waals surface area (Å²) in [6.07, 6.45) is 0. The van der Waals surface area contributed by atoms with Crippen LogP contribution in [0.4, 0.5) is 15.7 Å². The molecule has 0 bridgehead atoms. The van der Waals surface area contributed by atoms with Gasteiger partial charge in [-0.25, -0.2) is 0 Å². The smallest absolute Gasteiger partial charge is 0.326 e. The maximum Gasteiger partial charge on any atom is 0.326 e. The van der Waals surface area contributed by atoms with E-state index < -0.39 is 0 Å². The molecule has 1 aliphatic heterocycles. The van der Waals surface area contributed by atoms with E-state index in [4.69, 9.17) is 0 Å². The van der Waals surface area contributed by atoms with Gasteiger partial charge >= 0.3 is 5.00 Å². The average molecular weight is 289 g/mol. The lowest BCUT2D eigenvalue weighted by atomic mass is 10.2. The second-order valence-electron chi connectivity index (χ2n) is 4.68. The van der Waals surface area contributed by atoms with Crippen molar-refractivity contribution in [2.75, 3.05) is 36.0 Å². The van der Waals surface area contributed by atoms with Gasteiger partial charge in [0, 0.05) is 37.9 Å². The van der Waals surface area contributed by atoms with Gasteiger partial charge < -0.3 is 9.80 Å². The molecule has 2 heterocycles. The fraction of sp³-hybridized carbons (Fsp3) is 0.286. The zero-order chi connectivity index (χ0) is 13.9. The monoisotopic (exact) mass is 289 g/mol. The molecule has 0 amide bonds. The number of benzene rings is 1. The number of nitrogens with zero attached hydrogens (tertiary/aromatic N) is 3. The summed E-state index contributed by atoms with van der Waals surface area (Å²) < 4.78 is 0. The summed E-state index contributed by atoms with van der Waals surface area (Å²) in [6, 6.07) is 13.8. The molecule has 0 aliphatic carbocycles. The quantitative estimate of drug-likeness (QED) is 0.644. The topological polar surface area (TPSA) is 49.6 Å². The number of anilines is 2. The first kappa shape index (κ1) is 12.9. The third kappa shape index (κ3) is 2.60. The van der Waals surface area contributed by atoms with Crippen molar-refractivity contribution in [1.82, 2.24) is 0 Å². The molecule has 2 aromatic rings. The van der Waals surface area contributed by atoms with Gasteiger partial charge in [-0.3, -0.25) is 10.1 Å². The van der Waals surface area contributed by atoms with E-state index in [-0.39, 0.29) is 9.92 Å². The van der Waals surface area contributed by atoms with E-state index in [1.165, 1.54) is 17.0 Å². The Morgan fingerprint density at radius 1 is 0.950 bits per heavy atom. The first-order valence-corrected chi connectivity index (χ1v) is 7.35. The Morgan fingerprint density at radius 2 is 1.60 bits per heavy atom. The SMILES string of the molecule is O=[N+]([O-])c1ccc(N2CCN(c3ccccc3)CC2)s1. The van der Waals surface area contributed by atoms with E-state index in [2.05, 4.69) is 21.9 Å². The summed E-state index contributed by atoms with van der Waals surface area (Å²) >= 11 is 1.25. The third-order valence-corrected chi connectivity index (χ3v) is 4.57. The van der Waals surface area contributed by atoms with Crippen molar-refractivity contribution >= 4 is 27.0 Å². The second kappa shape index (κ2) is 5.50. The van der Waals surface area contributed by atoms with Crippen LogP contribution in [0.15, 0.2) is 42.5 Å². The van der Waals surface area contributed by atoms with Gasteiger partial charge in [0.25, 0.3) is 0 Å². The maximum atomic E-state index is 10.7. The van der Waals surface area contributed by atoms with Gasteiger partial charge in [-0.05, 0) is 29.5 Å². The Kier molecular flexibility index (Phi) is 3.56. The number of rotatable bonds is 3. The summed E-state index contributed by atoms with van der Waals surface area (Å²) in [5, 5.41) is 11.9. The van der Waals surface area contributed by atoms with E-state index in [1.54, 1.807) is 6.07 Å².